The van der Waals surface area contributed by atoms with E-state index >= 15 is 0 Å². The molecule has 0 aliphatic heterocycles. The highest BCUT2D eigenvalue weighted by atomic mass is 16.5. The molecule has 0 saturated heterocycles. The summed E-state index contributed by atoms with van der Waals surface area (Å²) >= 11 is 0. The molecule has 0 saturated carbocycles. The summed E-state index contributed by atoms with van der Waals surface area (Å²) in [5, 5.41) is 0. The van der Waals surface area contributed by atoms with Gasteiger partial charge >= 0.3 is 0 Å². The number of ketones is 1. The van der Waals surface area contributed by atoms with Crippen LogP contribution in [0.15, 0.2) is 36.4 Å². The van der Waals surface area contributed by atoms with Crippen molar-refractivity contribution in [1.82, 2.24) is 0 Å². The fourth-order valence-electron chi connectivity index (χ4n) is 2.23. The van der Waals surface area contributed by atoms with E-state index in [1.165, 1.54) is 0 Å². The van der Waals surface area contributed by atoms with Crippen LogP contribution in [0, 0.1) is 11.8 Å². The van der Waals surface area contributed by atoms with E-state index in [9.17, 15) is 4.79 Å². The molecule has 18 heavy (non-hydrogen) atoms. The van der Waals surface area contributed by atoms with Crippen LogP contribution in [0.3, 0.4) is 0 Å². The molecule has 1 aromatic rings. The molecule has 0 N–H and O–H groups in total. The van der Waals surface area contributed by atoms with Crippen LogP contribution in [0.1, 0.15) is 37.0 Å². The molecule has 0 spiro atoms. The summed E-state index contributed by atoms with van der Waals surface area (Å²) in [6.07, 6.45) is 6.75. The van der Waals surface area contributed by atoms with Gasteiger partial charge in [0, 0.05) is 5.56 Å². The maximum absolute atomic E-state index is 11.2. The number of carbonyl (C=O) groups excluding carboxylic acids is 1. The maximum atomic E-state index is 11.2. The highest BCUT2D eigenvalue weighted by molar-refractivity contribution is 5.94. The molecule has 2 nitrogen and oxygen atoms in total. The van der Waals surface area contributed by atoms with E-state index in [4.69, 9.17) is 4.74 Å². The van der Waals surface area contributed by atoms with Gasteiger partial charge in [0.15, 0.2) is 5.78 Å². The summed E-state index contributed by atoms with van der Waals surface area (Å²) in [7, 11) is 0. The number of hydrogen-bond donors (Lipinski definition) is 0. The summed E-state index contributed by atoms with van der Waals surface area (Å²) in [5.41, 5.74) is 0.733. The third-order valence-electron chi connectivity index (χ3n) is 3.64. The van der Waals surface area contributed by atoms with Gasteiger partial charge < -0.3 is 4.74 Å². The molecule has 1 aliphatic rings. The lowest BCUT2D eigenvalue weighted by molar-refractivity contribution is 0.101. The largest absolute Gasteiger partial charge is 0.493 e. The number of rotatable bonds is 4. The van der Waals surface area contributed by atoms with Crippen LogP contribution in [0.2, 0.25) is 0 Å². The van der Waals surface area contributed by atoms with Gasteiger partial charge in [-0.15, -0.1) is 0 Å². The molecule has 0 radical (unpaired) electrons. The maximum Gasteiger partial charge on any atom is 0.159 e. The van der Waals surface area contributed by atoms with Gasteiger partial charge in [0.05, 0.1) is 6.61 Å². The van der Waals surface area contributed by atoms with Gasteiger partial charge in [-0.1, -0.05) is 19.1 Å². The number of ether oxygens (including phenoxy) is 1. The molecule has 96 valence electrons. The second kappa shape index (κ2) is 5.85. The predicted molar refractivity (Wildman–Crippen MR) is 73.0 cm³/mol. The minimum absolute atomic E-state index is 0.0904. The number of hydrogen-bond acceptors (Lipinski definition) is 2. The second-order valence-electron chi connectivity index (χ2n) is 5.07. The van der Waals surface area contributed by atoms with Crippen LogP contribution < -0.4 is 4.74 Å². The molecule has 0 fully saturated rings. The van der Waals surface area contributed by atoms with E-state index in [-0.39, 0.29) is 5.78 Å². The van der Waals surface area contributed by atoms with Crippen LogP contribution in [-0.4, -0.2) is 12.4 Å². The zero-order valence-electron chi connectivity index (χ0n) is 11.1. The molecular weight excluding hydrogens is 224 g/mol. The van der Waals surface area contributed by atoms with Gasteiger partial charge in [-0.25, -0.2) is 0 Å². The van der Waals surface area contributed by atoms with Crippen LogP contribution in [0.4, 0.5) is 0 Å². The molecule has 2 atom stereocenters. The summed E-state index contributed by atoms with van der Waals surface area (Å²) in [4.78, 5) is 11.2. The van der Waals surface area contributed by atoms with Gasteiger partial charge in [-0.05, 0) is 55.9 Å². The van der Waals surface area contributed by atoms with Gasteiger partial charge in [-0.2, -0.15) is 0 Å². The van der Waals surface area contributed by atoms with E-state index in [1.54, 1.807) is 6.92 Å². The Hall–Kier alpha value is -1.57. The normalized spacial score (nSPS) is 22.8. The smallest absolute Gasteiger partial charge is 0.159 e. The molecule has 0 amide bonds. The summed E-state index contributed by atoms with van der Waals surface area (Å²) in [6.45, 7) is 4.60. The van der Waals surface area contributed by atoms with Crippen molar-refractivity contribution in [1.29, 1.82) is 0 Å². The van der Waals surface area contributed by atoms with Crippen molar-refractivity contribution in [3.63, 3.8) is 0 Å². The van der Waals surface area contributed by atoms with E-state index in [0.717, 1.165) is 30.8 Å². The third-order valence-corrected chi connectivity index (χ3v) is 3.64. The van der Waals surface area contributed by atoms with Crippen LogP contribution >= 0.6 is 0 Å². The topological polar surface area (TPSA) is 26.3 Å². The third kappa shape index (κ3) is 3.22. The molecule has 1 aromatic carbocycles. The fourth-order valence-corrected chi connectivity index (χ4v) is 2.23. The average molecular weight is 244 g/mol. The standard InChI is InChI=1S/C16H20O2/c1-12-5-3-4-6-15(12)11-18-16-9-7-14(8-10-16)13(2)17/h3-4,7-10,12,15H,5-6,11H2,1-2H3. The SMILES string of the molecule is CC(=O)c1ccc(OCC2CC=CCC2C)cc1. The Labute approximate surface area is 109 Å². The van der Waals surface area contributed by atoms with Crippen LogP contribution in [-0.2, 0) is 0 Å². The Morgan fingerprint density at radius 3 is 2.50 bits per heavy atom. The van der Waals surface area contributed by atoms with Gasteiger partial charge in [0.1, 0.15) is 5.75 Å². The fraction of sp³-hybridized carbons (Fsp3) is 0.438. The van der Waals surface area contributed by atoms with Crippen molar-refractivity contribution in [2.75, 3.05) is 6.61 Å². The quantitative estimate of drug-likeness (QED) is 0.593. The Morgan fingerprint density at radius 1 is 1.22 bits per heavy atom. The number of carbonyl (C=O) groups is 1. The Morgan fingerprint density at radius 2 is 1.89 bits per heavy atom. The van der Waals surface area contributed by atoms with Gasteiger partial charge in [0.25, 0.3) is 0 Å². The predicted octanol–water partition coefficient (Wildman–Crippen LogP) is 3.87. The first-order valence-corrected chi connectivity index (χ1v) is 6.55. The lowest BCUT2D eigenvalue weighted by atomic mass is 9.85. The molecule has 1 aliphatic carbocycles. The molecule has 2 unspecified atom stereocenters. The Kier molecular flexibility index (Phi) is 4.19. The molecule has 0 aromatic heterocycles. The van der Waals surface area contributed by atoms with Crippen molar-refractivity contribution in [2.45, 2.75) is 26.7 Å². The lowest BCUT2D eigenvalue weighted by Gasteiger charge is -2.25. The van der Waals surface area contributed by atoms with Crippen molar-refractivity contribution >= 4 is 5.78 Å². The highest BCUT2D eigenvalue weighted by Crippen LogP contribution is 2.26. The van der Waals surface area contributed by atoms with Crippen molar-refractivity contribution in [2.24, 2.45) is 11.8 Å². The summed E-state index contributed by atoms with van der Waals surface area (Å²) in [5.74, 6) is 2.23. The minimum Gasteiger partial charge on any atom is -0.493 e. The Bertz CT molecular complexity index is 431. The summed E-state index contributed by atoms with van der Waals surface area (Å²) < 4.78 is 5.81. The number of Topliss-reactive ketones (excluding diaryl/α,β-unsaturated/α-hetero) is 1. The highest BCUT2D eigenvalue weighted by Gasteiger charge is 2.18. The van der Waals surface area contributed by atoms with Crippen LogP contribution in [0.25, 0.3) is 0 Å². The molecule has 2 heteroatoms. The van der Waals surface area contributed by atoms with E-state index in [0.29, 0.717) is 11.8 Å². The van der Waals surface area contributed by atoms with Gasteiger partial charge in [-0.3, -0.25) is 4.79 Å². The molecule has 0 bridgehead atoms. The van der Waals surface area contributed by atoms with Crippen molar-refractivity contribution in [3.05, 3.63) is 42.0 Å². The zero-order chi connectivity index (χ0) is 13.0. The first-order chi connectivity index (χ1) is 8.66. The van der Waals surface area contributed by atoms with Gasteiger partial charge in [0.2, 0.25) is 0 Å². The molecule has 0 heterocycles. The van der Waals surface area contributed by atoms with Crippen molar-refractivity contribution in [3.8, 4) is 5.75 Å². The second-order valence-corrected chi connectivity index (χ2v) is 5.07. The monoisotopic (exact) mass is 244 g/mol. The molecule has 2 rings (SSSR count). The van der Waals surface area contributed by atoms with E-state index in [1.807, 2.05) is 24.3 Å². The van der Waals surface area contributed by atoms with Crippen molar-refractivity contribution < 1.29 is 9.53 Å². The summed E-state index contributed by atoms with van der Waals surface area (Å²) in [6, 6.07) is 7.39. The number of benzene rings is 1. The first-order valence-electron chi connectivity index (χ1n) is 6.55. The zero-order valence-corrected chi connectivity index (χ0v) is 11.1. The Balaban J connectivity index is 1.90. The average Bonchev–Trinajstić information content (AvgIpc) is 2.38. The number of allylic oxidation sites excluding steroid dienone is 2. The minimum atomic E-state index is 0.0904. The van der Waals surface area contributed by atoms with Crippen LogP contribution in [0.5, 0.6) is 5.75 Å². The van der Waals surface area contributed by atoms with E-state index < -0.39 is 0 Å². The van der Waals surface area contributed by atoms with E-state index in [2.05, 4.69) is 19.1 Å². The lowest BCUT2D eigenvalue weighted by Crippen LogP contribution is -2.21. The first kappa shape index (κ1) is 12.9. The molecular formula is C16H20O2.